The van der Waals surface area contributed by atoms with E-state index in [9.17, 15) is 0 Å². The van der Waals surface area contributed by atoms with Gasteiger partial charge in [0.15, 0.2) is 0 Å². The third kappa shape index (κ3) is 3.06. The summed E-state index contributed by atoms with van der Waals surface area (Å²) in [6.45, 7) is 7.32. The minimum absolute atomic E-state index is 0.598. The van der Waals surface area contributed by atoms with Crippen LogP contribution in [0.1, 0.15) is 19.5 Å². The molecule has 0 aliphatic heterocycles. The number of rotatable bonds is 4. The molecule has 0 unspecified atom stereocenters. The highest BCUT2D eigenvalue weighted by Crippen LogP contribution is 2.15. The molecule has 0 radical (unpaired) electrons. The van der Waals surface area contributed by atoms with Crippen molar-refractivity contribution in [1.29, 1.82) is 0 Å². The van der Waals surface area contributed by atoms with E-state index in [1.807, 2.05) is 37.6 Å². The van der Waals surface area contributed by atoms with Gasteiger partial charge in [0, 0.05) is 24.6 Å². The van der Waals surface area contributed by atoms with E-state index in [-0.39, 0.29) is 0 Å². The minimum Gasteiger partial charge on any atom is -0.324 e. The van der Waals surface area contributed by atoms with Gasteiger partial charge in [-0.25, -0.2) is 4.98 Å². The van der Waals surface area contributed by atoms with E-state index in [2.05, 4.69) is 33.7 Å². The van der Waals surface area contributed by atoms with E-state index >= 15 is 0 Å². The van der Waals surface area contributed by atoms with Gasteiger partial charge in [-0.15, -0.1) is 0 Å². The van der Waals surface area contributed by atoms with Gasteiger partial charge in [0.2, 0.25) is 5.95 Å². The number of pyridine rings is 1. The zero-order chi connectivity index (χ0) is 12.3. The van der Waals surface area contributed by atoms with E-state index in [0.717, 1.165) is 23.9 Å². The highest BCUT2D eigenvalue weighted by atomic mass is 15.2. The summed E-state index contributed by atoms with van der Waals surface area (Å²) < 4.78 is 2.12. The Balaban J connectivity index is 2.13. The van der Waals surface area contributed by atoms with Gasteiger partial charge in [-0.1, -0.05) is 13.8 Å². The summed E-state index contributed by atoms with van der Waals surface area (Å²) in [5.41, 5.74) is 1.98. The summed E-state index contributed by atoms with van der Waals surface area (Å²) in [7, 11) is 0. The number of aromatic nitrogens is 3. The largest absolute Gasteiger partial charge is 0.324 e. The Morgan fingerprint density at radius 1 is 1.29 bits per heavy atom. The Morgan fingerprint density at radius 2 is 2.12 bits per heavy atom. The van der Waals surface area contributed by atoms with Gasteiger partial charge >= 0.3 is 0 Å². The maximum atomic E-state index is 4.31. The molecule has 17 heavy (non-hydrogen) atoms. The number of imidazole rings is 1. The molecule has 4 nitrogen and oxygen atoms in total. The second-order valence-electron chi connectivity index (χ2n) is 4.61. The average Bonchev–Trinajstić information content (AvgIpc) is 2.68. The molecule has 90 valence electrons. The fourth-order valence-corrected chi connectivity index (χ4v) is 1.64. The second-order valence-corrected chi connectivity index (χ2v) is 4.61. The Labute approximate surface area is 102 Å². The van der Waals surface area contributed by atoms with Crippen molar-refractivity contribution < 1.29 is 0 Å². The van der Waals surface area contributed by atoms with Crippen molar-refractivity contribution in [1.82, 2.24) is 14.5 Å². The smallest absolute Gasteiger partial charge is 0.207 e. The van der Waals surface area contributed by atoms with Crippen LogP contribution in [0.3, 0.4) is 0 Å². The first-order valence-electron chi connectivity index (χ1n) is 5.86. The van der Waals surface area contributed by atoms with Crippen LogP contribution in [0.4, 0.5) is 11.6 Å². The zero-order valence-corrected chi connectivity index (χ0v) is 10.5. The van der Waals surface area contributed by atoms with Crippen molar-refractivity contribution in [2.75, 3.05) is 5.32 Å². The quantitative estimate of drug-likeness (QED) is 0.878. The third-order valence-electron chi connectivity index (χ3n) is 2.44. The summed E-state index contributed by atoms with van der Waals surface area (Å²) in [6.07, 6.45) is 5.63. The monoisotopic (exact) mass is 230 g/mol. The van der Waals surface area contributed by atoms with Crippen LogP contribution in [0.5, 0.6) is 0 Å². The van der Waals surface area contributed by atoms with Crippen molar-refractivity contribution in [3.05, 3.63) is 36.4 Å². The van der Waals surface area contributed by atoms with Gasteiger partial charge in [0.1, 0.15) is 0 Å². The molecule has 0 saturated carbocycles. The number of nitrogens with zero attached hydrogens (tertiary/aromatic N) is 3. The first kappa shape index (κ1) is 11.6. The van der Waals surface area contributed by atoms with E-state index in [1.165, 1.54) is 0 Å². The normalized spacial score (nSPS) is 10.8. The predicted octanol–water partition coefficient (Wildman–Crippen LogP) is 2.99. The van der Waals surface area contributed by atoms with Crippen LogP contribution in [-0.2, 0) is 6.54 Å². The standard InChI is InChI=1S/C13H18N4/c1-10(2)9-17-7-6-14-13(17)16-12-5-4-11(3)15-8-12/h4-8,10H,9H2,1-3H3,(H,14,16). The van der Waals surface area contributed by atoms with Gasteiger partial charge < -0.3 is 9.88 Å². The van der Waals surface area contributed by atoms with Crippen LogP contribution in [0, 0.1) is 12.8 Å². The van der Waals surface area contributed by atoms with Crippen molar-refractivity contribution in [3.8, 4) is 0 Å². The van der Waals surface area contributed by atoms with Crippen molar-refractivity contribution in [3.63, 3.8) is 0 Å². The summed E-state index contributed by atoms with van der Waals surface area (Å²) in [6, 6.07) is 3.99. The molecule has 2 aromatic heterocycles. The van der Waals surface area contributed by atoms with Crippen LogP contribution in [0.25, 0.3) is 0 Å². The van der Waals surface area contributed by atoms with E-state index < -0.39 is 0 Å². The molecule has 2 rings (SSSR count). The second kappa shape index (κ2) is 4.99. The maximum absolute atomic E-state index is 4.31. The molecular weight excluding hydrogens is 212 g/mol. The van der Waals surface area contributed by atoms with E-state index in [0.29, 0.717) is 5.92 Å². The van der Waals surface area contributed by atoms with E-state index in [1.54, 1.807) is 0 Å². The van der Waals surface area contributed by atoms with Gasteiger partial charge in [-0.2, -0.15) is 0 Å². The summed E-state index contributed by atoms with van der Waals surface area (Å²) in [4.78, 5) is 8.56. The van der Waals surface area contributed by atoms with Crippen molar-refractivity contribution in [2.45, 2.75) is 27.3 Å². The fraction of sp³-hybridized carbons (Fsp3) is 0.385. The Bertz CT molecular complexity index is 470. The molecule has 2 heterocycles. The van der Waals surface area contributed by atoms with Crippen molar-refractivity contribution >= 4 is 11.6 Å². The molecule has 0 bridgehead atoms. The first-order valence-corrected chi connectivity index (χ1v) is 5.86. The lowest BCUT2D eigenvalue weighted by molar-refractivity contribution is 0.527. The van der Waals surface area contributed by atoms with Crippen LogP contribution >= 0.6 is 0 Å². The van der Waals surface area contributed by atoms with Gasteiger partial charge in [-0.05, 0) is 25.0 Å². The number of hydrogen-bond acceptors (Lipinski definition) is 3. The number of aryl methyl sites for hydroxylation is 1. The molecule has 0 spiro atoms. The number of anilines is 2. The molecule has 2 aromatic rings. The Kier molecular flexibility index (Phi) is 3.42. The van der Waals surface area contributed by atoms with Crippen LogP contribution < -0.4 is 5.32 Å². The highest BCUT2D eigenvalue weighted by molar-refractivity contribution is 5.52. The zero-order valence-electron chi connectivity index (χ0n) is 10.5. The molecule has 0 aliphatic carbocycles. The summed E-state index contributed by atoms with van der Waals surface area (Å²) in [5.74, 6) is 1.46. The third-order valence-corrected chi connectivity index (χ3v) is 2.44. The number of nitrogens with one attached hydrogen (secondary N) is 1. The predicted molar refractivity (Wildman–Crippen MR) is 69.3 cm³/mol. The average molecular weight is 230 g/mol. The molecule has 0 aromatic carbocycles. The fourth-order valence-electron chi connectivity index (χ4n) is 1.64. The maximum Gasteiger partial charge on any atom is 0.207 e. The van der Waals surface area contributed by atoms with Crippen LogP contribution in [0.15, 0.2) is 30.7 Å². The molecule has 0 amide bonds. The lowest BCUT2D eigenvalue weighted by atomic mass is 10.2. The first-order chi connectivity index (χ1) is 8.15. The number of hydrogen-bond donors (Lipinski definition) is 1. The highest BCUT2D eigenvalue weighted by Gasteiger charge is 2.04. The van der Waals surface area contributed by atoms with Gasteiger partial charge in [-0.3, -0.25) is 4.98 Å². The summed E-state index contributed by atoms with van der Waals surface area (Å²) >= 11 is 0. The SMILES string of the molecule is Cc1ccc(Nc2nccn2CC(C)C)cn1. The Morgan fingerprint density at radius 3 is 2.76 bits per heavy atom. The summed E-state index contributed by atoms with van der Waals surface area (Å²) in [5, 5.41) is 3.27. The minimum atomic E-state index is 0.598. The van der Waals surface area contributed by atoms with Crippen LogP contribution in [-0.4, -0.2) is 14.5 Å². The Hall–Kier alpha value is -1.84. The molecular formula is C13H18N4. The molecule has 4 heteroatoms. The van der Waals surface area contributed by atoms with E-state index in [4.69, 9.17) is 0 Å². The van der Waals surface area contributed by atoms with Crippen LogP contribution in [0.2, 0.25) is 0 Å². The van der Waals surface area contributed by atoms with Gasteiger partial charge in [0.25, 0.3) is 0 Å². The lowest BCUT2D eigenvalue weighted by Gasteiger charge is -2.11. The molecule has 0 fully saturated rings. The molecule has 1 N–H and O–H groups in total. The molecule has 0 atom stereocenters. The molecule has 0 saturated heterocycles. The van der Waals surface area contributed by atoms with Gasteiger partial charge in [0.05, 0.1) is 11.9 Å². The van der Waals surface area contributed by atoms with Crippen molar-refractivity contribution in [2.24, 2.45) is 5.92 Å². The molecule has 0 aliphatic rings. The topological polar surface area (TPSA) is 42.7 Å². The lowest BCUT2D eigenvalue weighted by Crippen LogP contribution is -2.07.